The second kappa shape index (κ2) is 33.8. The monoisotopic (exact) mass is 966 g/mol. The fourth-order valence-corrected chi connectivity index (χ4v) is 8.51. The molecule has 3 saturated heterocycles. The molecule has 3 heterocycles. The second-order valence-corrected chi connectivity index (χ2v) is 18.3. The number of carbonyl (C=O) groups is 1. The minimum atomic E-state index is -1.98. The van der Waals surface area contributed by atoms with Crippen LogP contribution in [0.4, 0.5) is 0 Å². The van der Waals surface area contributed by atoms with Crippen LogP contribution in [0.1, 0.15) is 142 Å². The van der Waals surface area contributed by atoms with Crippen LogP contribution in [0.25, 0.3) is 0 Å². The van der Waals surface area contributed by atoms with Crippen molar-refractivity contribution in [2.45, 2.75) is 247 Å². The van der Waals surface area contributed by atoms with Crippen molar-refractivity contribution in [1.82, 2.24) is 5.32 Å². The molecule has 0 radical (unpaired) electrons. The van der Waals surface area contributed by atoms with Gasteiger partial charge in [0.25, 0.3) is 0 Å². The topological polar surface area (TPSA) is 307 Å². The van der Waals surface area contributed by atoms with Crippen molar-refractivity contribution in [3.8, 4) is 0 Å². The molecule has 17 atom stereocenters. The van der Waals surface area contributed by atoms with Crippen molar-refractivity contribution >= 4 is 5.91 Å². The van der Waals surface area contributed by atoms with Gasteiger partial charge >= 0.3 is 0 Å². The number of aliphatic hydroxyl groups excluding tert-OH is 11. The molecule has 19 nitrogen and oxygen atoms in total. The largest absolute Gasteiger partial charge is 0.394 e. The molecule has 392 valence electrons. The fourth-order valence-electron chi connectivity index (χ4n) is 8.51. The van der Waals surface area contributed by atoms with Gasteiger partial charge in [0.1, 0.15) is 73.2 Å². The summed E-state index contributed by atoms with van der Waals surface area (Å²) in [7, 11) is 0. The first-order valence-electron chi connectivity index (χ1n) is 25.1. The maximum atomic E-state index is 13.1. The fraction of sp³-hybridized carbons (Fsp3) is 0.896. The number of nitrogens with one attached hydrogen (secondary N) is 1. The molecule has 3 rings (SSSR count). The van der Waals surface area contributed by atoms with E-state index in [0.717, 1.165) is 38.5 Å². The Morgan fingerprint density at radius 3 is 1.46 bits per heavy atom. The zero-order chi connectivity index (χ0) is 49.1. The van der Waals surface area contributed by atoms with E-state index >= 15 is 0 Å². The van der Waals surface area contributed by atoms with E-state index in [9.17, 15) is 61.0 Å². The van der Waals surface area contributed by atoms with Gasteiger partial charge in [-0.15, -0.1) is 0 Å². The van der Waals surface area contributed by atoms with E-state index < -0.39 is 124 Å². The number of hydrogen-bond acceptors (Lipinski definition) is 18. The minimum Gasteiger partial charge on any atom is -0.394 e. The van der Waals surface area contributed by atoms with Crippen molar-refractivity contribution in [3.63, 3.8) is 0 Å². The zero-order valence-corrected chi connectivity index (χ0v) is 39.9. The summed E-state index contributed by atoms with van der Waals surface area (Å²) < 4.78 is 34.0. The summed E-state index contributed by atoms with van der Waals surface area (Å²) in [6.07, 6.45) is 2.30. The zero-order valence-electron chi connectivity index (χ0n) is 39.9. The molecule has 0 saturated carbocycles. The molecule has 3 fully saturated rings. The van der Waals surface area contributed by atoms with Crippen molar-refractivity contribution in [2.75, 3.05) is 26.4 Å². The number of rotatable bonds is 34. The molecule has 19 heteroatoms. The van der Waals surface area contributed by atoms with E-state index in [1.165, 1.54) is 70.6 Å². The number of aliphatic hydroxyl groups is 11. The first kappa shape index (κ1) is 59.6. The lowest BCUT2D eigenvalue weighted by Gasteiger charge is -2.48. The third kappa shape index (κ3) is 20.1. The molecule has 17 unspecified atom stereocenters. The first-order valence-corrected chi connectivity index (χ1v) is 25.1. The quantitative estimate of drug-likeness (QED) is 0.0319. The normalized spacial score (nSPS) is 33.7. The molecule has 3 aliphatic heterocycles. The molecular formula is C48H87NO18. The van der Waals surface area contributed by atoms with Gasteiger partial charge in [-0.25, -0.2) is 0 Å². The summed E-state index contributed by atoms with van der Waals surface area (Å²) in [4.78, 5) is 13.1. The van der Waals surface area contributed by atoms with E-state index in [-0.39, 0.29) is 18.9 Å². The van der Waals surface area contributed by atoms with Crippen molar-refractivity contribution in [3.05, 3.63) is 24.3 Å². The Labute approximate surface area is 397 Å². The first-order chi connectivity index (χ1) is 32.3. The van der Waals surface area contributed by atoms with E-state index in [2.05, 4.69) is 31.3 Å². The lowest BCUT2D eigenvalue weighted by atomic mass is 9.96. The molecule has 1 amide bonds. The van der Waals surface area contributed by atoms with Gasteiger partial charge in [-0.1, -0.05) is 134 Å². The number of allylic oxidation sites excluding steroid dienone is 3. The molecule has 0 aliphatic carbocycles. The average molecular weight is 966 g/mol. The van der Waals surface area contributed by atoms with Crippen molar-refractivity contribution in [1.29, 1.82) is 0 Å². The van der Waals surface area contributed by atoms with Gasteiger partial charge in [0.05, 0.1) is 38.6 Å². The molecule has 0 bridgehead atoms. The standard InChI is InChI=1S/C48H87NO18/c1-3-5-7-9-11-12-13-14-15-16-17-18-20-22-24-26-36(54)49-31(32(53)25-23-21-19-10-8-6-4-2)30-62-46-42(60)39(57)44(34(28-51)64-46)67-48-43(61)40(58)45(35(29-52)65-48)66-47-41(59)38(56)37(55)33(27-50)63-47/h8,10,23,25,31-35,37-48,50-53,55-61H,3-7,9,11-22,24,26-30H2,1-2H3,(H,49,54)/b10-8+,25-23+. The van der Waals surface area contributed by atoms with E-state index in [0.29, 0.717) is 12.8 Å². The second-order valence-electron chi connectivity index (χ2n) is 18.3. The molecule has 0 aromatic heterocycles. The van der Waals surface area contributed by atoms with Crippen LogP contribution in [0, 0.1) is 0 Å². The molecule has 67 heavy (non-hydrogen) atoms. The molecule has 0 aromatic carbocycles. The smallest absolute Gasteiger partial charge is 0.220 e. The van der Waals surface area contributed by atoms with Gasteiger partial charge < -0.3 is 89.9 Å². The van der Waals surface area contributed by atoms with Gasteiger partial charge in [0, 0.05) is 6.42 Å². The van der Waals surface area contributed by atoms with Crippen LogP contribution in [-0.2, 0) is 33.2 Å². The summed E-state index contributed by atoms with van der Waals surface area (Å²) in [6.45, 7) is 1.54. The highest BCUT2D eigenvalue weighted by Gasteiger charge is 2.53. The third-order valence-electron chi connectivity index (χ3n) is 12.7. The molecule has 12 N–H and O–H groups in total. The highest BCUT2D eigenvalue weighted by molar-refractivity contribution is 5.76. The Balaban J connectivity index is 1.54. The van der Waals surface area contributed by atoms with Gasteiger partial charge in [0.15, 0.2) is 18.9 Å². The Kier molecular flexibility index (Phi) is 30.0. The van der Waals surface area contributed by atoms with Crippen LogP contribution < -0.4 is 5.32 Å². The van der Waals surface area contributed by atoms with Crippen LogP contribution in [0.15, 0.2) is 24.3 Å². The third-order valence-corrected chi connectivity index (χ3v) is 12.7. The van der Waals surface area contributed by atoms with Crippen LogP contribution >= 0.6 is 0 Å². The highest BCUT2D eigenvalue weighted by Crippen LogP contribution is 2.33. The average Bonchev–Trinajstić information content (AvgIpc) is 3.32. The van der Waals surface area contributed by atoms with Crippen LogP contribution in [0.2, 0.25) is 0 Å². The Morgan fingerprint density at radius 2 is 0.955 bits per heavy atom. The summed E-state index contributed by atoms with van der Waals surface area (Å²) in [6, 6.07) is -0.981. The van der Waals surface area contributed by atoms with Crippen molar-refractivity contribution in [2.24, 2.45) is 0 Å². The molecule has 3 aliphatic rings. The maximum Gasteiger partial charge on any atom is 0.220 e. The van der Waals surface area contributed by atoms with Crippen molar-refractivity contribution < 1.29 is 89.4 Å². The van der Waals surface area contributed by atoms with Gasteiger partial charge in [-0.05, 0) is 25.7 Å². The van der Waals surface area contributed by atoms with Crippen LogP contribution in [-0.4, -0.2) is 193 Å². The Morgan fingerprint density at radius 1 is 0.522 bits per heavy atom. The summed E-state index contributed by atoms with van der Waals surface area (Å²) >= 11 is 0. The predicted molar refractivity (Wildman–Crippen MR) is 245 cm³/mol. The lowest BCUT2D eigenvalue weighted by molar-refractivity contribution is -0.379. The van der Waals surface area contributed by atoms with E-state index in [4.69, 9.17) is 28.4 Å². The minimum absolute atomic E-state index is 0.238. The number of hydrogen-bond donors (Lipinski definition) is 12. The number of carbonyl (C=O) groups excluding carboxylic acids is 1. The van der Waals surface area contributed by atoms with Crippen LogP contribution in [0.3, 0.4) is 0 Å². The summed E-state index contributed by atoms with van der Waals surface area (Å²) in [5, 5.41) is 119. The SMILES string of the molecule is CCC/C=C/CC/C=C/C(O)C(COC1OC(CO)C(OC2OC(CO)C(OC3OC(CO)C(O)C(O)C3O)C(O)C2O)C(O)C1O)NC(=O)CCCCCCCCCCCCCCCCC. The van der Waals surface area contributed by atoms with Crippen LogP contribution in [0.5, 0.6) is 0 Å². The summed E-state index contributed by atoms with van der Waals surface area (Å²) in [5.74, 6) is -0.291. The number of amides is 1. The van der Waals surface area contributed by atoms with E-state index in [1.54, 1.807) is 12.2 Å². The highest BCUT2D eigenvalue weighted by atomic mass is 16.8. The van der Waals surface area contributed by atoms with Gasteiger partial charge in [0.2, 0.25) is 5.91 Å². The maximum absolute atomic E-state index is 13.1. The Hall–Kier alpha value is -1.73. The van der Waals surface area contributed by atoms with E-state index in [1.807, 2.05) is 0 Å². The summed E-state index contributed by atoms with van der Waals surface area (Å²) in [5.41, 5.74) is 0. The Bertz CT molecular complexity index is 1340. The van der Waals surface area contributed by atoms with Gasteiger partial charge in [-0.2, -0.15) is 0 Å². The molecular weight excluding hydrogens is 879 g/mol. The molecule has 0 spiro atoms. The number of unbranched alkanes of at least 4 members (excludes halogenated alkanes) is 16. The molecule has 0 aromatic rings. The lowest BCUT2D eigenvalue weighted by Crippen LogP contribution is -2.66. The van der Waals surface area contributed by atoms with Gasteiger partial charge in [-0.3, -0.25) is 4.79 Å². The number of ether oxygens (including phenoxy) is 6. The predicted octanol–water partition coefficient (Wildman–Crippen LogP) is 1.25.